The molecule has 0 radical (unpaired) electrons. The molecule has 0 spiro atoms. The van der Waals surface area contributed by atoms with Crippen LogP contribution >= 0.6 is 11.3 Å². The number of sulfone groups is 1. The quantitative estimate of drug-likeness (QED) is 0.794. The summed E-state index contributed by atoms with van der Waals surface area (Å²) >= 11 is 1.41. The molecule has 0 aliphatic rings. The molecular weight excluding hydrogens is 225 g/mol. The number of benzene rings is 1. The summed E-state index contributed by atoms with van der Waals surface area (Å²) in [6.45, 7) is 0. The molecule has 1 aromatic carbocycles. The fourth-order valence-electron chi connectivity index (χ4n) is 1.09. The van der Waals surface area contributed by atoms with Gasteiger partial charge in [-0.15, -0.1) is 11.3 Å². The van der Waals surface area contributed by atoms with E-state index >= 15 is 0 Å². The van der Waals surface area contributed by atoms with Gasteiger partial charge >= 0.3 is 0 Å². The second-order valence-corrected chi connectivity index (χ2v) is 5.51. The Bertz CT molecular complexity index is 561. The number of alkyl halides is 1. The van der Waals surface area contributed by atoms with E-state index in [0.29, 0.717) is 5.52 Å². The van der Waals surface area contributed by atoms with Gasteiger partial charge in [0.05, 0.1) is 20.6 Å². The fourth-order valence-corrected chi connectivity index (χ4v) is 2.45. The van der Waals surface area contributed by atoms with Crippen LogP contribution in [0.15, 0.2) is 28.6 Å². The molecule has 0 saturated heterocycles. The van der Waals surface area contributed by atoms with Crippen LogP contribution in [0.1, 0.15) is 0 Å². The number of aromatic nitrogens is 1. The van der Waals surface area contributed by atoms with Crippen LogP contribution in [0.25, 0.3) is 10.2 Å². The van der Waals surface area contributed by atoms with Crippen molar-refractivity contribution in [3.63, 3.8) is 0 Å². The second kappa shape index (κ2) is 3.29. The lowest BCUT2D eigenvalue weighted by molar-refractivity contribution is 0.534. The van der Waals surface area contributed by atoms with Crippen molar-refractivity contribution in [1.82, 2.24) is 4.98 Å². The summed E-state index contributed by atoms with van der Waals surface area (Å²) in [4.78, 5) is 3.94. The van der Waals surface area contributed by atoms with Gasteiger partial charge in [0.15, 0.2) is 6.01 Å². The zero-order valence-corrected chi connectivity index (χ0v) is 8.61. The molecule has 0 N–H and O–H groups in total. The lowest BCUT2D eigenvalue weighted by Crippen LogP contribution is -2.01. The van der Waals surface area contributed by atoms with E-state index in [1.807, 2.05) is 0 Å². The van der Waals surface area contributed by atoms with Crippen molar-refractivity contribution in [2.75, 3.05) is 6.01 Å². The van der Waals surface area contributed by atoms with E-state index < -0.39 is 15.8 Å². The summed E-state index contributed by atoms with van der Waals surface area (Å²) in [5, 5.41) is 0. The first kappa shape index (κ1) is 9.54. The molecule has 2 aromatic rings. The van der Waals surface area contributed by atoms with E-state index in [1.54, 1.807) is 11.6 Å². The van der Waals surface area contributed by atoms with Crippen LogP contribution in [0, 0.1) is 0 Å². The maximum absolute atomic E-state index is 12.2. The maximum Gasteiger partial charge on any atom is 0.207 e. The van der Waals surface area contributed by atoms with Crippen LogP contribution < -0.4 is 0 Å². The molecule has 1 heterocycles. The van der Waals surface area contributed by atoms with Gasteiger partial charge in [-0.05, 0) is 18.2 Å². The van der Waals surface area contributed by atoms with Crippen LogP contribution in [0.4, 0.5) is 4.39 Å². The van der Waals surface area contributed by atoms with Crippen molar-refractivity contribution in [2.24, 2.45) is 0 Å². The Hall–Kier alpha value is -1.01. The van der Waals surface area contributed by atoms with Gasteiger partial charge in [0, 0.05) is 0 Å². The predicted octanol–water partition coefficient (Wildman–Crippen LogP) is 2.00. The van der Waals surface area contributed by atoms with E-state index in [2.05, 4.69) is 4.98 Å². The molecule has 0 atom stereocenters. The van der Waals surface area contributed by atoms with Crippen molar-refractivity contribution in [3.8, 4) is 0 Å². The minimum absolute atomic E-state index is 0.0154. The number of thiazole rings is 1. The van der Waals surface area contributed by atoms with Crippen molar-refractivity contribution >= 4 is 31.4 Å². The first-order valence-electron chi connectivity index (χ1n) is 3.75. The molecular formula is C8H6FNO2S2. The number of rotatable bonds is 2. The van der Waals surface area contributed by atoms with Gasteiger partial charge < -0.3 is 0 Å². The largest absolute Gasteiger partial charge is 0.245 e. The summed E-state index contributed by atoms with van der Waals surface area (Å²) in [7, 11) is -3.77. The highest BCUT2D eigenvalue weighted by Gasteiger charge is 2.14. The van der Waals surface area contributed by atoms with Gasteiger partial charge in [0.25, 0.3) is 0 Å². The highest BCUT2D eigenvalue weighted by molar-refractivity contribution is 7.91. The molecule has 0 unspecified atom stereocenters. The van der Waals surface area contributed by atoms with Crippen molar-refractivity contribution in [3.05, 3.63) is 23.7 Å². The number of halogens is 1. The smallest absolute Gasteiger partial charge is 0.207 e. The monoisotopic (exact) mass is 231 g/mol. The summed E-state index contributed by atoms with van der Waals surface area (Å²) < 4.78 is 35.4. The molecule has 2 rings (SSSR count). The molecule has 74 valence electrons. The number of hydrogen-bond donors (Lipinski definition) is 0. The Balaban J connectivity index is 2.65. The number of fused-ring (bicyclic) bond motifs is 1. The maximum atomic E-state index is 12.2. The molecule has 14 heavy (non-hydrogen) atoms. The third-order valence-electron chi connectivity index (χ3n) is 1.80. The SMILES string of the molecule is O=S(=O)(CF)c1ccc2scnc2c1. The molecule has 1 aromatic heterocycles. The third kappa shape index (κ3) is 1.51. The van der Waals surface area contributed by atoms with Crippen LogP contribution in [0.5, 0.6) is 0 Å². The first-order chi connectivity index (χ1) is 6.63. The summed E-state index contributed by atoms with van der Waals surface area (Å²) in [5.74, 6) is 0. The molecule has 6 heteroatoms. The standard InChI is InChI=1S/C8H6FNO2S2/c9-4-14(11,12)6-1-2-8-7(3-6)10-5-13-8/h1-3,5H,4H2. The lowest BCUT2D eigenvalue weighted by Gasteiger charge is -1.98. The Morgan fingerprint density at radius 2 is 2.21 bits per heavy atom. The molecule has 0 aliphatic carbocycles. The van der Waals surface area contributed by atoms with Gasteiger partial charge in [-0.2, -0.15) is 0 Å². The van der Waals surface area contributed by atoms with Gasteiger partial charge in [0.1, 0.15) is 0 Å². The van der Waals surface area contributed by atoms with Crippen LogP contribution in [0.2, 0.25) is 0 Å². The first-order valence-corrected chi connectivity index (χ1v) is 6.28. The average Bonchev–Trinajstić information content (AvgIpc) is 2.64. The number of nitrogens with zero attached hydrogens (tertiary/aromatic N) is 1. The zero-order chi connectivity index (χ0) is 10.2. The molecule has 0 amide bonds. The number of hydrogen-bond acceptors (Lipinski definition) is 4. The predicted molar refractivity (Wildman–Crippen MR) is 52.8 cm³/mol. The Morgan fingerprint density at radius 1 is 1.43 bits per heavy atom. The van der Waals surface area contributed by atoms with Gasteiger partial charge in [-0.3, -0.25) is 0 Å². The van der Waals surface area contributed by atoms with Crippen LogP contribution in [0.3, 0.4) is 0 Å². The van der Waals surface area contributed by atoms with E-state index in [-0.39, 0.29) is 4.90 Å². The Labute approximate surface area is 84.1 Å². The van der Waals surface area contributed by atoms with Gasteiger partial charge in [0.2, 0.25) is 9.84 Å². The van der Waals surface area contributed by atoms with E-state index in [1.165, 1.54) is 23.5 Å². The van der Waals surface area contributed by atoms with E-state index in [4.69, 9.17) is 0 Å². The Kier molecular flexibility index (Phi) is 2.24. The lowest BCUT2D eigenvalue weighted by atomic mass is 10.3. The normalized spacial score (nSPS) is 12.1. The fraction of sp³-hybridized carbons (Fsp3) is 0.125. The molecule has 0 aliphatic heterocycles. The van der Waals surface area contributed by atoms with E-state index in [9.17, 15) is 12.8 Å². The molecule has 0 saturated carbocycles. The van der Waals surface area contributed by atoms with E-state index in [0.717, 1.165) is 4.70 Å². The average molecular weight is 231 g/mol. The summed E-state index contributed by atoms with van der Waals surface area (Å²) in [5.41, 5.74) is 2.21. The van der Waals surface area contributed by atoms with Gasteiger partial charge in [-0.25, -0.2) is 17.8 Å². The summed E-state index contributed by atoms with van der Waals surface area (Å²) in [6.07, 6.45) is 0. The highest BCUT2D eigenvalue weighted by Crippen LogP contribution is 2.21. The molecule has 3 nitrogen and oxygen atoms in total. The topological polar surface area (TPSA) is 47.0 Å². The Morgan fingerprint density at radius 3 is 2.93 bits per heavy atom. The van der Waals surface area contributed by atoms with Crippen LogP contribution in [-0.2, 0) is 9.84 Å². The van der Waals surface area contributed by atoms with Gasteiger partial charge in [-0.1, -0.05) is 0 Å². The molecule has 0 fully saturated rings. The highest BCUT2D eigenvalue weighted by atomic mass is 32.2. The minimum atomic E-state index is -3.77. The van der Waals surface area contributed by atoms with Crippen molar-refractivity contribution in [2.45, 2.75) is 4.90 Å². The van der Waals surface area contributed by atoms with Crippen molar-refractivity contribution in [1.29, 1.82) is 0 Å². The second-order valence-electron chi connectivity index (χ2n) is 2.71. The third-order valence-corrected chi connectivity index (χ3v) is 3.87. The van der Waals surface area contributed by atoms with Crippen molar-refractivity contribution < 1.29 is 12.8 Å². The minimum Gasteiger partial charge on any atom is -0.245 e. The summed E-state index contributed by atoms with van der Waals surface area (Å²) in [6, 6.07) is 3.05. The van der Waals surface area contributed by atoms with Crippen LogP contribution in [-0.4, -0.2) is 19.4 Å². The zero-order valence-electron chi connectivity index (χ0n) is 6.97. The molecule has 0 bridgehead atoms.